The summed E-state index contributed by atoms with van der Waals surface area (Å²) >= 11 is 0. The number of ether oxygens (including phenoxy) is 1. The predicted molar refractivity (Wildman–Crippen MR) is 39.3 cm³/mol. The van der Waals surface area contributed by atoms with Crippen molar-refractivity contribution in [3.63, 3.8) is 0 Å². The average molecular weight is 137 g/mol. The molecule has 0 amide bonds. The van der Waals surface area contributed by atoms with Gasteiger partial charge in [-0.2, -0.15) is 0 Å². The highest BCUT2D eigenvalue weighted by Gasteiger charge is 2.49. The van der Waals surface area contributed by atoms with Gasteiger partial charge in [0, 0.05) is 11.5 Å². The molecule has 0 spiro atoms. The number of rotatable bonds is 1. The zero-order valence-electron chi connectivity index (χ0n) is 6.00. The molecule has 2 heteroatoms. The number of hydrogen-bond acceptors (Lipinski definition) is 2. The fourth-order valence-corrected chi connectivity index (χ4v) is 1.35. The van der Waals surface area contributed by atoms with Crippen molar-refractivity contribution in [1.82, 2.24) is 0 Å². The van der Waals surface area contributed by atoms with Crippen LogP contribution in [-0.4, -0.2) is 12.6 Å². The first-order valence-electron chi connectivity index (χ1n) is 3.48. The Bertz CT molecular complexity index is 219. The fourth-order valence-electron chi connectivity index (χ4n) is 1.35. The molecule has 0 heterocycles. The topological polar surface area (TPSA) is 35.2 Å². The minimum Gasteiger partial charge on any atom is -0.497 e. The summed E-state index contributed by atoms with van der Waals surface area (Å²) in [6.45, 7) is 0. The van der Waals surface area contributed by atoms with E-state index in [0.717, 1.165) is 12.2 Å². The number of nitrogens with two attached hydrogens (primary N) is 1. The molecule has 2 rings (SSSR count). The van der Waals surface area contributed by atoms with Crippen molar-refractivity contribution in [1.29, 1.82) is 0 Å². The average Bonchev–Trinajstić information content (AvgIpc) is 2.59. The molecule has 2 atom stereocenters. The quantitative estimate of drug-likeness (QED) is 0.580. The van der Waals surface area contributed by atoms with Crippen LogP contribution in [0.5, 0.6) is 0 Å². The van der Waals surface area contributed by atoms with E-state index in [1.807, 2.05) is 12.2 Å². The van der Waals surface area contributed by atoms with Crippen molar-refractivity contribution in [3.8, 4) is 0 Å². The van der Waals surface area contributed by atoms with Crippen LogP contribution < -0.4 is 5.73 Å². The van der Waals surface area contributed by atoms with Crippen LogP contribution in [0.1, 0.15) is 6.42 Å². The van der Waals surface area contributed by atoms with E-state index in [4.69, 9.17) is 10.5 Å². The Morgan fingerprint density at radius 1 is 1.80 bits per heavy atom. The van der Waals surface area contributed by atoms with Crippen LogP contribution in [-0.2, 0) is 4.74 Å². The largest absolute Gasteiger partial charge is 0.497 e. The lowest BCUT2D eigenvalue weighted by Gasteiger charge is -2.09. The van der Waals surface area contributed by atoms with Crippen LogP contribution in [0.2, 0.25) is 0 Å². The van der Waals surface area contributed by atoms with E-state index in [-0.39, 0.29) is 5.54 Å². The lowest BCUT2D eigenvalue weighted by atomic mass is 10.1. The molecule has 0 radical (unpaired) electrons. The molecule has 0 saturated heterocycles. The van der Waals surface area contributed by atoms with Gasteiger partial charge in [0.25, 0.3) is 0 Å². The predicted octanol–water partition coefficient (Wildman–Crippen LogP) is 0.804. The van der Waals surface area contributed by atoms with E-state index in [0.29, 0.717) is 5.92 Å². The van der Waals surface area contributed by atoms with Gasteiger partial charge in [-0.3, -0.25) is 0 Å². The van der Waals surface area contributed by atoms with Crippen LogP contribution in [0.3, 0.4) is 0 Å². The van der Waals surface area contributed by atoms with Gasteiger partial charge in [0.2, 0.25) is 0 Å². The van der Waals surface area contributed by atoms with Crippen molar-refractivity contribution in [2.75, 3.05) is 7.11 Å². The van der Waals surface area contributed by atoms with Gasteiger partial charge in [0.05, 0.1) is 7.11 Å². The number of allylic oxidation sites excluding steroid dienone is 1. The molecule has 54 valence electrons. The molecular formula is C8H11NO. The summed E-state index contributed by atoms with van der Waals surface area (Å²) in [5, 5.41) is 0. The van der Waals surface area contributed by atoms with E-state index in [9.17, 15) is 0 Å². The van der Waals surface area contributed by atoms with Crippen molar-refractivity contribution in [2.45, 2.75) is 12.0 Å². The Morgan fingerprint density at radius 3 is 3.20 bits per heavy atom. The smallest absolute Gasteiger partial charge is 0.114 e. The number of methoxy groups -OCH3 is 1. The van der Waals surface area contributed by atoms with Crippen molar-refractivity contribution >= 4 is 0 Å². The maximum Gasteiger partial charge on any atom is 0.114 e. The first kappa shape index (κ1) is 5.98. The highest BCUT2D eigenvalue weighted by molar-refractivity contribution is 5.36. The molecular weight excluding hydrogens is 126 g/mol. The van der Waals surface area contributed by atoms with Crippen LogP contribution >= 0.6 is 0 Å². The highest BCUT2D eigenvalue weighted by atomic mass is 16.5. The number of fused-ring (bicyclic) bond motifs is 1. The first-order chi connectivity index (χ1) is 4.74. The van der Waals surface area contributed by atoms with Crippen LogP contribution in [0.4, 0.5) is 0 Å². The zero-order chi connectivity index (χ0) is 7.19. The van der Waals surface area contributed by atoms with Gasteiger partial charge in [0.1, 0.15) is 5.76 Å². The van der Waals surface area contributed by atoms with E-state index in [1.54, 1.807) is 7.11 Å². The molecule has 1 saturated carbocycles. The van der Waals surface area contributed by atoms with Crippen molar-refractivity contribution in [3.05, 3.63) is 24.0 Å². The van der Waals surface area contributed by atoms with Gasteiger partial charge >= 0.3 is 0 Å². The van der Waals surface area contributed by atoms with Gasteiger partial charge in [-0.15, -0.1) is 0 Å². The molecule has 2 nitrogen and oxygen atoms in total. The van der Waals surface area contributed by atoms with Crippen LogP contribution in [0.15, 0.2) is 24.0 Å². The lowest BCUT2D eigenvalue weighted by Crippen LogP contribution is -2.22. The molecule has 0 aromatic carbocycles. The molecule has 0 aromatic heterocycles. The third-order valence-corrected chi connectivity index (χ3v) is 2.26. The summed E-state index contributed by atoms with van der Waals surface area (Å²) in [6, 6.07) is 0. The molecule has 1 fully saturated rings. The molecule has 0 aromatic rings. The summed E-state index contributed by atoms with van der Waals surface area (Å²) in [4.78, 5) is 0. The second-order valence-electron chi connectivity index (χ2n) is 3.03. The molecule has 0 bridgehead atoms. The Kier molecular flexibility index (Phi) is 0.980. The molecule has 2 aliphatic rings. The summed E-state index contributed by atoms with van der Waals surface area (Å²) < 4.78 is 5.05. The second-order valence-corrected chi connectivity index (χ2v) is 3.03. The van der Waals surface area contributed by atoms with Gasteiger partial charge in [-0.05, 0) is 18.6 Å². The highest BCUT2D eigenvalue weighted by Crippen LogP contribution is 2.46. The fraction of sp³-hybridized carbons (Fsp3) is 0.500. The molecule has 2 N–H and O–H groups in total. The summed E-state index contributed by atoms with van der Waals surface area (Å²) in [5.41, 5.74) is 5.87. The van der Waals surface area contributed by atoms with E-state index >= 15 is 0 Å². The Hall–Kier alpha value is -0.760. The SMILES string of the molecule is COC1=CC2CC2(N)C=C1. The molecule has 10 heavy (non-hydrogen) atoms. The third-order valence-electron chi connectivity index (χ3n) is 2.26. The molecule has 0 aliphatic heterocycles. The van der Waals surface area contributed by atoms with Gasteiger partial charge in [-0.25, -0.2) is 0 Å². The zero-order valence-corrected chi connectivity index (χ0v) is 6.00. The third kappa shape index (κ3) is 0.688. The summed E-state index contributed by atoms with van der Waals surface area (Å²) in [7, 11) is 1.68. The van der Waals surface area contributed by atoms with Crippen LogP contribution in [0.25, 0.3) is 0 Å². The summed E-state index contributed by atoms with van der Waals surface area (Å²) in [6.07, 6.45) is 7.16. The number of hydrogen-bond donors (Lipinski definition) is 1. The molecule has 2 aliphatic carbocycles. The monoisotopic (exact) mass is 137 g/mol. The Balaban J connectivity index is 2.20. The van der Waals surface area contributed by atoms with Crippen molar-refractivity contribution in [2.24, 2.45) is 11.7 Å². The second kappa shape index (κ2) is 1.64. The minimum absolute atomic E-state index is 0.0119. The first-order valence-corrected chi connectivity index (χ1v) is 3.48. The van der Waals surface area contributed by atoms with Crippen molar-refractivity contribution < 1.29 is 4.74 Å². The molecule has 2 unspecified atom stereocenters. The Morgan fingerprint density at radius 2 is 2.60 bits per heavy atom. The summed E-state index contributed by atoms with van der Waals surface area (Å²) in [5.74, 6) is 1.48. The van der Waals surface area contributed by atoms with Gasteiger partial charge in [-0.1, -0.05) is 6.08 Å². The normalized spacial score (nSPS) is 42.2. The lowest BCUT2D eigenvalue weighted by molar-refractivity contribution is 0.302. The van der Waals surface area contributed by atoms with E-state index in [2.05, 4.69) is 6.08 Å². The van der Waals surface area contributed by atoms with Gasteiger partial charge < -0.3 is 10.5 Å². The van der Waals surface area contributed by atoms with E-state index < -0.39 is 0 Å². The maximum absolute atomic E-state index is 5.88. The van der Waals surface area contributed by atoms with Crippen LogP contribution in [0, 0.1) is 5.92 Å². The van der Waals surface area contributed by atoms with E-state index in [1.165, 1.54) is 0 Å². The van der Waals surface area contributed by atoms with Gasteiger partial charge in [0.15, 0.2) is 0 Å². The maximum atomic E-state index is 5.88. The standard InChI is InChI=1S/C8H11NO/c1-10-7-2-3-8(9)5-6(8)4-7/h2-4,6H,5,9H2,1H3. The Labute approximate surface area is 60.4 Å². The minimum atomic E-state index is -0.0119.